The van der Waals surface area contributed by atoms with Gasteiger partial charge in [-0.05, 0) is 36.5 Å². The molecule has 0 aliphatic rings. The van der Waals surface area contributed by atoms with Crippen LogP contribution in [0.3, 0.4) is 0 Å². The highest BCUT2D eigenvalue weighted by Gasteiger charge is 2.04. The van der Waals surface area contributed by atoms with Crippen LogP contribution in [0, 0.1) is 5.92 Å². The third-order valence-electron chi connectivity index (χ3n) is 3.10. The third kappa shape index (κ3) is 10.0. The number of nitrogens with one attached hydrogen (secondary N) is 3. The van der Waals surface area contributed by atoms with Crippen molar-refractivity contribution in [1.82, 2.24) is 10.6 Å². The van der Waals surface area contributed by atoms with Crippen molar-refractivity contribution in [3.8, 4) is 0 Å². The van der Waals surface area contributed by atoms with Gasteiger partial charge in [-0.2, -0.15) is 4.99 Å². The van der Waals surface area contributed by atoms with Crippen molar-refractivity contribution in [1.29, 1.82) is 0 Å². The molecular weight excluding hydrogens is 356 g/mol. The summed E-state index contributed by atoms with van der Waals surface area (Å²) in [6, 6.07) is 7.44. The summed E-state index contributed by atoms with van der Waals surface area (Å²) in [6.45, 7) is 6.55. The van der Waals surface area contributed by atoms with Crippen LogP contribution in [0.15, 0.2) is 29.3 Å². The van der Waals surface area contributed by atoms with E-state index >= 15 is 0 Å². The van der Waals surface area contributed by atoms with E-state index in [1.165, 1.54) is 0 Å². The maximum atomic E-state index is 11.3. The summed E-state index contributed by atoms with van der Waals surface area (Å²) < 4.78 is 5.43. The molecule has 1 aromatic rings. The molecule has 1 amide bonds. The predicted octanol–water partition coefficient (Wildman–Crippen LogP) is 2.54. The van der Waals surface area contributed by atoms with E-state index in [-0.39, 0.29) is 11.8 Å². The van der Waals surface area contributed by atoms with Gasteiger partial charge in [0, 0.05) is 31.2 Å². The van der Waals surface area contributed by atoms with Crippen LogP contribution in [-0.2, 0) is 9.53 Å². The highest BCUT2D eigenvalue weighted by Crippen LogP contribution is 2.15. The molecule has 25 heavy (non-hydrogen) atoms. The first-order valence-corrected chi connectivity index (χ1v) is 8.88. The van der Waals surface area contributed by atoms with Crippen molar-refractivity contribution >= 4 is 51.9 Å². The van der Waals surface area contributed by atoms with Crippen molar-refractivity contribution < 1.29 is 9.53 Å². The van der Waals surface area contributed by atoms with Crippen LogP contribution < -0.4 is 16.0 Å². The van der Waals surface area contributed by atoms with E-state index < -0.39 is 0 Å². The summed E-state index contributed by atoms with van der Waals surface area (Å²) in [7, 11) is 0. The van der Waals surface area contributed by atoms with Gasteiger partial charge in [0.05, 0.1) is 29.1 Å². The molecular formula is C17H24N4O2S2. The number of benzene rings is 1. The zero-order chi connectivity index (χ0) is 18.5. The van der Waals surface area contributed by atoms with Gasteiger partial charge in [-0.3, -0.25) is 4.79 Å². The molecule has 0 radical (unpaired) electrons. The van der Waals surface area contributed by atoms with Crippen LogP contribution in [0.2, 0.25) is 0 Å². The number of anilines is 1. The van der Waals surface area contributed by atoms with Gasteiger partial charge in [-0.15, -0.1) is 0 Å². The van der Waals surface area contributed by atoms with Crippen molar-refractivity contribution in [3.05, 3.63) is 24.3 Å². The fourth-order valence-corrected chi connectivity index (χ4v) is 2.10. The Morgan fingerprint density at radius 3 is 2.56 bits per heavy atom. The molecule has 0 atom stereocenters. The zero-order valence-electron chi connectivity index (χ0n) is 14.5. The summed E-state index contributed by atoms with van der Waals surface area (Å²) in [5.41, 5.74) is 1.65. The summed E-state index contributed by atoms with van der Waals surface area (Å²) in [6.07, 6.45) is 0. The lowest BCUT2D eigenvalue weighted by atomic mass is 10.2. The molecule has 0 saturated heterocycles. The second-order valence-corrected chi connectivity index (χ2v) is 6.21. The Morgan fingerprint density at radius 1 is 1.24 bits per heavy atom. The van der Waals surface area contributed by atoms with Gasteiger partial charge in [0.1, 0.15) is 0 Å². The minimum atomic E-state index is -0.000831. The summed E-state index contributed by atoms with van der Waals surface area (Å²) in [4.78, 5) is 15.9. The average Bonchev–Trinajstić information content (AvgIpc) is 2.59. The standard InChI is InChI=1S/C17H24N4O2S2/c1-13(2)17(22)19-8-10-23-9-7-18-11-16(25)21-15-5-3-14(4-6-15)20-12-24/h3-6,13,18H,7-11H2,1-2H3,(H,19,22)(H,21,25). The molecule has 0 unspecified atom stereocenters. The maximum absolute atomic E-state index is 11.3. The number of thiocarbonyl (C=S) groups is 2. The van der Waals surface area contributed by atoms with E-state index in [2.05, 4.69) is 38.3 Å². The van der Waals surface area contributed by atoms with Crippen LogP contribution in [0.1, 0.15) is 13.8 Å². The van der Waals surface area contributed by atoms with E-state index in [4.69, 9.17) is 17.0 Å². The topological polar surface area (TPSA) is 74.8 Å². The molecule has 0 spiro atoms. The van der Waals surface area contributed by atoms with Gasteiger partial charge >= 0.3 is 0 Å². The van der Waals surface area contributed by atoms with Gasteiger partial charge in [0.25, 0.3) is 0 Å². The Balaban J connectivity index is 2.07. The number of amides is 1. The minimum Gasteiger partial charge on any atom is -0.378 e. The van der Waals surface area contributed by atoms with E-state index in [9.17, 15) is 4.79 Å². The Morgan fingerprint density at radius 2 is 1.92 bits per heavy atom. The lowest BCUT2D eigenvalue weighted by molar-refractivity contribution is -0.124. The van der Waals surface area contributed by atoms with Crippen molar-refractivity contribution in [3.63, 3.8) is 0 Å². The number of carbonyl (C=O) groups excluding carboxylic acids is 1. The van der Waals surface area contributed by atoms with Crippen LogP contribution in [0.25, 0.3) is 0 Å². The van der Waals surface area contributed by atoms with Crippen LogP contribution >= 0.6 is 24.4 Å². The quantitative estimate of drug-likeness (QED) is 0.311. The van der Waals surface area contributed by atoms with E-state index in [0.717, 1.165) is 11.4 Å². The molecule has 136 valence electrons. The lowest BCUT2D eigenvalue weighted by Crippen LogP contribution is -2.32. The fourth-order valence-electron chi connectivity index (χ4n) is 1.78. The van der Waals surface area contributed by atoms with E-state index in [1.54, 1.807) is 0 Å². The summed E-state index contributed by atoms with van der Waals surface area (Å²) in [5, 5.41) is 11.5. The molecule has 8 heteroatoms. The Kier molecular flexibility index (Phi) is 10.8. The Bertz CT molecular complexity index is 599. The SMILES string of the molecule is CC(C)C(=O)NCCOCCNCC(=S)Nc1ccc(N=C=S)cc1. The average molecular weight is 381 g/mol. The Labute approximate surface area is 159 Å². The fraction of sp³-hybridized carbons (Fsp3) is 0.471. The molecule has 3 N–H and O–H groups in total. The first kappa shape index (κ1) is 21.3. The van der Waals surface area contributed by atoms with E-state index in [0.29, 0.717) is 37.8 Å². The lowest BCUT2D eigenvalue weighted by Gasteiger charge is -2.10. The normalized spacial score (nSPS) is 10.2. The van der Waals surface area contributed by atoms with Crippen LogP contribution in [-0.4, -0.2) is 48.9 Å². The number of nitrogens with zero attached hydrogens (tertiary/aromatic N) is 1. The second-order valence-electron chi connectivity index (χ2n) is 5.53. The molecule has 0 aromatic heterocycles. The van der Waals surface area contributed by atoms with Crippen molar-refractivity contribution in [2.75, 3.05) is 38.2 Å². The minimum absolute atomic E-state index is 0.000831. The molecule has 0 aliphatic carbocycles. The molecule has 1 aromatic carbocycles. The zero-order valence-corrected chi connectivity index (χ0v) is 16.1. The van der Waals surface area contributed by atoms with Crippen LogP contribution in [0.5, 0.6) is 0 Å². The highest BCUT2D eigenvalue weighted by atomic mass is 32.1. The van der Waals surface area contributed by atoms with Gasteiger partial charge in [0.15, 0.2) is 0 Å². The number of carbonyl (C=O) groups is 1. The van der Waals surface area contributed by atoms with Crippen molar-refractivity contribution in [2.45, 2.75) is 13.8 Å². The van der Waals surface area contributed by atoms with Gasteiger partial charge < -0.3 is 20.7 Å². The first-order chi connectivity index (χ1) is 12.0. The molecule has 6 nitrogen and oxygen atoms in total. The molecule has 0 bridgehead atoms. The monoisotopic (exact) mass is 380 g/mol. The maximum Gasteiger partial charge on any atom is 0.222 e. The molecule has 0 saturated carbocycles. The number of ether oxygens (including phenoxy) is 1. The smallest absolute Gasteiger partial charge is 0.222 e. The summed E-state index contributed by atoms with van der Waals surface area (Å²) in [5.74, 6) is 0.0411. The third-order valence-corrected chi connectivity index (χ3v) is 3.44. The molecule has 0 heterocycles. The van der Waals surface area contributed by atoms with Gasteiger partial charge in [0.2, 0.25) is 5.91 Å². The number of aliphatic imine (C=N–C) groups is 1. The van der Waals surface area contributed by atoms with Gasteiger partial charge in [-0.25, -0.2) is 0 Å². The number of rotatable bonds is 11. The molecule has 0 aliphatic heterocycles. The number of isothiocyanates is 1. The van der Waals surface area contributed by atoms with Crippen molar-refractivity contribution in [2.24, 2.45) is 10.9 Å². The second kappa shape index (κ2) is 12.6. The Hall–Kier alpha value is -1.70. The van der Waals surface area contributed by atoms with Crippen LogP contribution in [0.4, 0.5) is 11.4 Å². The van der Waals surface area contributed by atoms with Gasteiger partial charge in [-0.1, -0.05) is 26.1 Å². The summed E-state index contributed by atoms with van der Waals surface area (Å²) >= 11 is 9.84. The first-order valence-electron chi connectivity index (χ1n) is 8.07. The number of hydrogen-bond acceptors (Lipinski definition) is 6. The predicted molar refractivity (Wildman–Crippen MR) is 109 cm³/mol. The van der Waals surface area contributed by atoms with E-state index in [1.807, 2.05) is 38.1 Å². The highest BCUT2D eigenvalue weighted by molar-refractivity contribution is 7.80. The molecule has 0 fully saturated rings. The number of hydrogen-bond donors (Lipinski definition) is 3. The molecule has 1 rings (SSSR count). The largest absolute Gasteiger partial charge is 0.378 e.